The molecule has 0 aliphatic rings. The molecule has 0 saturated heterocycles. The third-order valence-electron chi connectivity index (χ3n) is 8.58. The average Bonchev–Trinajstić information content (AvgIpc) is 3.49. The highest BCUT2D eigenvalue weighted by Crippen LogP contribution is 2.44. The highest BCUT2D eigenvalue weighted by molar-refractivity contribution is 7.37. The van der Waals surface area contributed by atoms with E-state index in [1.165, 1.54) is 0 Å². The fourth-order valence-electron chi connectivity index (χ4n) is 6.11. The van der Waals surface area contributed by atoms with Gasteiger partial charge < -0.3 is 4.55 Å². The van der Waals surface area contributed by atoms with Crippen molar-refractivity contribution in [3.8, 4) is 45.6 Å². The summed E-state index contributed by atoms with van der Waals surface area (Å²) >= 11 is 0. The molecule has 0 fully saturated rings. The minimum absolute atomic E-state index is 0.299. The Hall–Kier alpha value is -6.68. The molecular formula is C42H27N7OS. The van der Waals surface area contributed by atoms with Crippen molar-refractivity contribution < 1.29 is 4.55 Å². The van der Waals surface area contributed by atoms with Crippen LogP contribution in [0.5, 0.6) is 0 Å². The Bertz CT molecular complexity index is 2410. The SMILES string of the molecule is [O-][s+]1c2ccccc2c2ccc(N(c3nc(-c4ccccc4)nc(-c4ccccc4)n3)c3nc(-c4ccccc4)nc(-c4ccccc4)n3)cc21. The average molecular weight is 678 g/mol. The van der Waals surface area contributed by atoms with Gasteiger partial charge in [-0.15, -0.1) is 0 Å². The van der Waals surface area contributed by atoms with Crippen LogP contribution in [0.4, 0.5) is 17.6 Å². The molecule has 51 heavy (non-hydrogen) atoms. The fourth-order valence-corrected chi connectivity index (χ4v) is 7.53. The Morgan fingerprint density at radius 2 is 0.745 bits per heavy atom. The van der Waals surface area contributed by atoms with Gasteiger partial charge in [0.15, 0.2) is 32.7 Å². The van der Waals surface area contributed by atoms with Crippen molar-refractivity contribution in [2.45, 2.75) is 0 Å². The summed E-state index contributed by atoms with van der Waals surface area (Å²) in [6.45, 7) is 0. The van der Waals surface area contributed by atoms with Crippen LogP contribution < -0.4 is 4.90 Å². The first-order valence-electron chi connectivity index (χ1n) is 16.4. The Morgan fingerprint density at radius 3 is 1.18 bits per heavy atom. The van der Waals surface area contributed by atoms with Crippen LogP contribution in [0.3, 0.4) is 0 Å². The van der Waals surface area contributed by atoms with E-state index >= 15 is 0 Å². The Morgan fingerprint density at radius 1 is 0.373 bits per heavy atom. The Labute approximate surface area is 296 Å². The first-order chi connectivity index (χ1) is 25.2. The molecule has 9 aromatic rings. The molecule has 0 N–H and O–H groups in total. The molecule has 9 heteroatoms. The zero-order valence-corrected chi connectivity index (χ0v) is 27.9. The van der Waals surface area contributed by atoms with E-state index in [9.17, 15) is 4.55 Å². The summed E-state index contributed by atoms with van der Waals surface area (Å²) in [5.41, 5.74) is 3.95. The molecule has 1 atom stereocenters. The molecule has 0 aliphatic carbocycles. The third kappa shape index (κ3) is 5.76. The molecule has 0 aliphatic heterocycles. The molecule has 0 spiro atoms. The maximum Gasteiger partial charge on any atom is 0.241 e. The van der Waals surface area contributed by atoms with E-state index in [-0.39, 0.29) is 0 Å². The van der Waals surface area contributed by atoms with Crippen LogP contribution in [0.25, 0.3) is 65.7 Å². The van der Waals surface area contributed by atoms with Gasteiger partial charge in [0.2, 0.25) is 11.9 Å². The quantitative estimate of drug-likeness (QED) is 0.154. The molecular weight excluding hydrogens is 651 g/mol. The summed E-state index contributed by atoms with van der Waals surface area (Å²) in [6, 6.07) is 52.9. The number of aromatic nitrogens is 6. The summed E-state index contributed by atoms with van der Waals surface area (Å²) in [5, 5.41) is 1.88. The number of fused-ring (bicyclic) bond motifs is 3. The summed E-state index contributed by atoms with van der Waals surface area (Å²) in [6.07, 6.45) is 0. The lowest BCUT2D eigenvalue weighted by Gasteiger charge is -2.22. The van der Waals surface area contributed by atoms with Crippen molar-refractivity contribution in [1.82, 2.24) is 29.9 Å². The minimum Gasteiger partial charge on any atom is -0.590 e. The van der Waals surface area contributed by atoms with Crippen molar-refractivity contribution in [1.29, 1.82) is 0 Å². The van der Waals surface area contributed by atoms with E-state index in [0.29, 0.717) is 45.6 Å². The molecule has 0 bridgehead atoms. The number of rotatable bonds is 7. The summed E-state index contributed by atoms with van der Waals surface area (Å²) in [4.78, 5) is 31.9. The van der Waals surface area contributed by atoms with E-state index in [0.717, 1.165) is 37.7 Å². The van der Waals surface area contributed by atoms with Crippen LogP contribution in [-0.2, 0) is 0 Å². The number of hydrogen-bond donors (Lipinski definition) is 0. The number of nitrogens with zero attached hydrogens (tertiary/aromatic N) is 7. The lowest BCUT2D eigenvalue weighted by atomic mass is 10.1. The Balaban J connectivity index is 1.34. The van der Waals surface area contributed by atoms with Gasteiger partial charge in [-0.25, -0.2) is 14.9 Å². The first-order valence-corrected chi connectivity index (χ1v) is 17.5. The monoisotopic (exact) mass is 677 g/mol. The third-order valence-corrected chi connectivity index (χ3v) is 10.1. The zero-order chi connectivity index (χ0) is 34.1. The molecule has 9 rings (SSSR count). The Kier molecular flexibility index (Phi) is 7.73. The topological polar surface area (TPSA) is 104 Å². The summed E-state index contributed by atoms with van der Waals surface area (Å²) < 4.78 is 15.4. The van der Waals surface area contributed by atoms with Gasteiger partial charge in [0.05, 0.1) is 5.69 Å². The number of anilines is 3. The lowest BCUT2D eigenvalue weighted by molar-refractivity contribution is 0.602. The van der Waals surface area contributed by atoms with Gasteiger partial charge in [-0.2, -0.15) is 19.9 Å². The van der Waals surface area contributed by atoms with Crippen molar-refractivity contribution in [3.63, 3.8) is 0 Å². The second kappa shape index (κ2) is 13.0. The van der Waals surface area contributed by atoms with E-state index in [4.69, 9.17) is 29.9 Å². The highest BCUT2D eigenvalue weighted by Gasteiger charge is 2.26. The van der Waals surface area contributed by atoms with Gasteiger partial charge in [0, 0.05) is 39.1 Å². The molecule has 3 aromatic heterocycles. The predicted molar refractivity (Wildman–Crippen MR) is 203 cm³/mol. The largest absolute Gasteiger partial charge is 0.590 e. The van der Waals surface area contributed by atoms with Gasteiger partial charge in [-0.1, -0.05) is 133 Å². The second-order valence-corrected chi connectivity index (χ2v) is 13.2. The minimum atomic E-state index is -1.38. The molecule has 0 radical (unpaired) electrons. The van der Waals surface area contributed by atoms with E-state index in [1.807, 2.05) is 169 Å². The maximum absolute atomic E-state index is 13.9. The molecule has 242 valence electrons. The highest BCUT2D eigenvalue weighted by atomic mass is 32.2. The van der Waals surface area contributed by atoms with Crippen LogP contribution in [0.1, 0.15) is 0 Å². The maximum atomic E-state index is 13.9. The normalized spacial score (nSPS) is 11.6. The number of thiophene rings is 1. The molecule has 1 unspecified atom stereocenters. The van der Waals surface area contributed by atoms with Crippen LogP contribution in [0.15, 0.2) is 164 Å². The summed E-state index contributed by atoms with van der Waals surface area (Å²) in [7, 11) is -1.38. The molecule has 3 heterocycles. The number of hydrogen-bond acceptors (Lipinski definition) is 8. The van der Waals surface area contributed by atoms with Crippen molar-refractivity contribution in [3.05, 3.63) is 164 Å². The van der Waals surface area contributed by atoms with Crippen LogP contribution in [0.2, 0.25) is 0 Å². The van der Waals surface area contributed by atoms with Crippen molar-refractivity contribution >= 4 is 48.5 Å². The number of benzene rings is 6. The molecule has 6 aromatic carbocycles. The van der Waals surface area contributed by atoms with Gasteiger partial charge in [-0.3, -0.25) is 0 Å². The standard InChI is InChI=1S/C42H27N7OS/c50-51-35-24-14-13-23-33(35)34-26-25-32(27-36(34)51)49(41-45-37(28-15-5-1-6-16-28)43-38(46-41)29-17-7-2-8-18-29)42-47-39(30-19-9-3-10-20-30)44-40(48-42)31-21-11-4-12-22-31/h1-27H. The van der Waals surface area contributed by atoms with Gasteiger partial charge >= 0.3 is 0 Å². The lowest BCUT2D eigenvalue weighted by Crippen LogP contribution is -2.19. The van der Waals surface area contributed by atoms with Crippen molar-refractivity contribution in [2.24, 2.45) is 0 Å². The smallest absolute Gasteiger partial charge is 0.241 e. The molecule has 0 saturated carbocycles. The van der Waals surface area contributed by atoms with Crippen LogP contribution in [-0.4, -0.2) is 34.5 Å². The predicted octanol–water partition coefficient (Wildman–Crippen LogP) is 10.2. The molecule has 8 nitrogen and oxygen atoms in total. The van der Waals surface area contributed by atoms with Crippen molar-refractivity contribution in [2.75, 3.05) is 4.90 Å². The van der Waals surface area contributed by atoms with Gasteiger partial charge in [-0.05, 0) is 35.0 Å². The van der Waals surface area contributed by atoms with Gasteiger partial charge in [0.25, 0.3) is 0 Å². The van der Waals surface area contributed by atoms with Crippen LogP contribution >= 0.6 is 10.8 Å². The zero-order valence-electron chi connectivity index (χ0n) is 27.0. The van der Waals surface area contributed by atoms with E-state index in [1.54, 1.807) is 0 Å². The van der Waals surface area contributed by atoms with E-state index < -0.39 is 10.8 Å². The van der Waals surface area contributed by atoms with Crippen LogP contribution in [0, 0.1) is 0 Å². The summed E-state index contributed by atoms with van der Waals surface area (Å²) in [5.74, 6) is 2.55. The molecule has 0 amide bonds. The first kappa shape index (κ1) is 30.4. The van der Waals surface area contributed by atoms with Gasteiger partial charge in [0.1, 0.15) is 0 Å². The second-order valence-electron chi connectivity index (χ2n) is 11.8. The van der Waals surface area contributed by atoms with E-state index in [2.05, 4.69) is 0 Å². The fraction of sp³-hybridized carbons (Fsp3) is 0.